The van der Waals surface area contributed by atoms with Crippen LogP contribution in [0.15, 0.2) is 226 Å². The van der Waals surface area contributed by atoms with Crippen LogP contribution in [0.4, 0.5) is 17.1 Å². The second-order valence-electron chi connectivity index (χ2n) is 18.4. The lowest BCUT2D eigenvalue weighted by Crippen LogP contribution is -2.16. The lowest BCUT2D eigenvalue weighted by molar-refractivity contribution is 0.660. The number of fused-ring (bicyclic) bond motifs is 12. The van der Waals surface area contributed by atoms with Crippen LogP contribution in [0.2, 0.25) is 0 Å². The Hall–Kier alpha value is -8.60. The lowest BCUT2D eigenvalue weighted by Gasteiger charge is -2.28. The van der Waals surface area contributed by atoms with E-state index in [9.17, 15) is 0 Å². The van der Waals surface area contributed by atoms with Crippen LogP contribution in [0.3, 0.4) is 0 Å². The molecular formula is C63H41NO3. The number of rotatable bonds is 6. The van der Waals surface area contributed by atoms with Gasteiger partial charge in [0.1, 0.15) is 33.5 Å². The van der Waals surface area contributed by atoms with Gasteiger partial charge in [-0.1, -0.05) is 141 Å². The zero-order valence-corrected chi connectivity index (χ0v) is 36.9. The molecule has 1 aliphatic carbocycles. The molecule has 0 fully saturated rings. The van der Waals surface area contributed by atoms with E-state index in [4.69, 9.17) is 13.3 Å². The molecule has 1 aliphatic rings. The fourth-order valence-corrected chi connectivity index (χ4v) is 10.9. The average molecular weight is 860 g/mol. The topological polar surface area (TPSA) is 42.7 Å². The third kappa shape index (κ3) is 5.79. The van der Waals surface area contributed by atoms with E-state index in [2.05, 4.69) is 195 Å². The fourth-order valence-electron chi connectivity index (χ4n) is 10.9. The Morgan fingerprint density at radius 1 is 0.299 bits per heavy atom. The maximum Gasteiger partial charge on any atom is 0.143 e. The summed E-state index contributed by atoms with van der Waals surface area (Å²) >= 11 is 0. The standard InChI is InChI=1S/C63H41NO3/c1-63(2)55-35-41(40-24-33-60-54(34-40)51-12-5-7-16-58(51)65-60)22-30-47(55)48-32-29-45(37-56(48)63)64(43-25-18-38(19-26-43)42-23-31-52-49-10-3-6-15-57(49)66-61(52)36-42)44-27-20-39(21-28-44)46-13-9-14-53-50-11-4-8-17-59(50)67-62(46)53/h3-37H,1-2H3. The van der Waals surface area contributed by atoms with Crippen LogP contribution in [0.25, 0.3) is 110 Å². The molecule has 10 aromatic carbocycles. The molecule has 0 spiro atoms. The normalized spacial score (nSPS) is 13.0. The van der Waals surface area contributed by atoms with E-state index in [1.165, 1.54) is 33.4 Å². The second-order valence-corrected chi connectivity index (χ2v) is 18.4. The molecule has 0 aliphatic heterocycles. The number of hydrogen-bond acceptors (Lipinski definition) is 4. The number of anilines is 3. The third-order valence-electron chi connectivity index (χ3n) is 14.3. The molecule has 0 saturated heterocycles. The molecule has 0 atom stereocenters. The summed E-state index contributed by atoms with van der Waals surface area (Å²) < 4.78 is 18.9. The van der Waals surface area contributed by atoms with Gasteiger partial charge >= 0.3 is 0 Å². The maximum absolute atomic E-state index is 6.47. The zero-order chi connectivity index (χ0) is 44.4. The first-order chi connectivity index (χ1) is 32.9. The Labute approximate surface area is 386 Å². The van der Waals surface area contributed by atoms with E-state index < -0.39 is 0 Å². The molecule has 4 nitrogen and oxygen atoms in total. The largest absolute Gasteiger partial charge is 0.456 e. The van der Waals surface area contributed by atoms with Crippen molar-refractivity contribution in [1.82, 2.24) is 0 Å². The van der Waals surface area contributed by atoms with Gasteiger partial charge in [-0.2, -0.15) is 0 Å². The summed E-state index contributed by atoms with van der Waals surface area (Å²) in [5.74, 6) is 0. The minimum absolute atomic E-state index is 0.247. The summed E-state index contributed by atoms with van der Waals surface area (Å²) in [7, 11) is 0. The molecule has 0 N–H and O–H groups in total. The summed E-state index contributed by atoms with van der Waals surface area (Å²) in [6.45, 7) is 4.73. The van der Waals surface area contributed by atoms with Crippen molar-refractivity contribution in [1.29, 1.82) is 0 Å². The molecule has 0 amide bonds. The van der Waals surface area contributed by atoms with Crippen LogP contribution in [0.5, 0.6) is 0 Å². The highest BCUT2D eigenvalue weighted by Crippen LogP contribution is 2.52. The zero-order valence-electron chi connectivity index (χ0n) is 36.9. The monoisotopic (exact) mass is 859 g/mol. The predicted molar refractivity (Wildman–Crippen MR) is 277 cm³/mol. The number of nitrogens with zero attached hydrogens (tertiary/aromatic N) is 1. The van der Waals surface area contributed by atoms with Crippen LogP contribution < -0.4 is 4.90 Å². The molecule has 3 aromatic heterocycles. The van der Waals surface area contributed by atoms with Gasteiger partial charge in [0.2, 0.25) is 0 Å². The molecular weight excluding hydrogens is 819 g/mol. The Morgan fingerprint density at radius 3 is 1.51 bits per heavy atom. The number of furan rings is 3. The van der Waals surface area contributed by atoms with E-state index in [1.54, 1.807) is 0 Å². The molecule has 0 saturated carbocycles. The van der Waals surface area contributed by atoms with Crippen LogP contribution >= 0.6 is 0 Å². The molecule has 0 radical (unpaired) electrons. The fraction of sp³-hybridized carbons (Fsp3) is 0.0476. The van der Waals surface area contributed by atoms with Gasteiger partial charge in [-0.3, -0.25) is 0 Å². The van der Waals surface area contributed by atoms with E-state index >= 15 is 0 Å². The van der Waals surface area contributed by atoms with Crippen molar-refractivity contribution < 1.29 is 13.3 Å². The van der Waals surface area contributed by atoms with Gasteiger partial charge in [-0.05, 0) is 135 Å². The third-order valence-corrected chi connectivity index (χ3v) is 14.3. The highest BCUT2D eigenvalue weighted by molar-refractivity contribution is 6.10. The highest BCUT2D eigenvalue weighted by Gasteiger charge is 2.36. The number of hydrogen-bond donors (Lipinski definition) is 0. The number of para-hydroxylation sites is 4. The van der Waals surface area contributed by atoms with Gasteiger partial charge in [0, 0.05) is 60.4 Å². The minimum atomic E-state index is -0.247. The van der Waals surface area contributed by atoms with Crippen molar-refractivity contribution in [2.45, 2.75) is 19.3 Å². The van der Waals surface area contributed by atoms with Gasteiger partial charge in [0.15, 0.2) is 0 Å². The van der Waals surface area contributed by atoms with Crippen molar-refractivity contribution >= 4 is 82.9 Å². The summed E-state index contributed by atoms with van der Waals surface area (Å²) in [6.07, 6.45) is 0. The quantitative estimate of drug-likeness (QED) is 0.167. The molecule has 3 heterocycles. The van der Waals surface area contributed by atoms with Gasteiger partial charge in [0.25, 0.3) is 0 Å². The molecule has 4 heteroatoms. The summed E-state index contributed by atoms with van der Waals surface area (Å²) in [4.78, 5) is 2.38. The molecule has 316 valence electrons. The van der Waals surface area contributed by atoms with E-state index in [0.29, 0.717) is 0 Å². The Balaban J connectivity index is 0.859. The molecule has 0 unspecified atom stereocenters. The molecule has 13 aromatic rings. The van der Waals surface area contributed by atoms with Crippen LogP contribution in [-0.4, -0.2) is 0 Å². The number of benzene rings is 10. The second kappa shape index (κ2) is 14.2. The van der Waals surface area contributed by atoms with Crippen molar-refractivity contribution in [3.05, 3.63) is 223 Å². The van der Waals surface area contributed by atoms with Crippen molar-refractivity contribution in [3.8, 4) is 44.5 Å². The van der Waals surface area contributed by atoms with Gasteiger partial charge in [-0.25, -0.2) is 0 Å². The van der Waals surface area contributed by atoms with Gasteiger partial charge < -0.3 is 18.2 Å². The predicted octanol–water partition coefficient (Wildman–Crippen LogP) is 18.2. The first kappa shape index (κ1) is 37.7. The SMILES string of the molecule is CC1(C)c2cc(-c3ccc4oc5ccccc5c4c3)ccc2-c2ccc(N(c3ccc(-c4ccc5c(c4)oc4ccccc45)cc3)c3ccc(-c4cccc5c4oc4ccccc45)cc3)cc21. The van der Waals surface area contributed by atoms with Crippen LogP contribution in [0.1, 0.15) is 25.0 Å². The molecule has 0 bridgehead atoms. The van der Waals surface area contributed by atoms with Gasteiger partial charge in [0.05, 0.1) is 0 Å². The maximum atomic E-state index is 6.47. The van der Waals surface area contributed by atoms with E-state index in [1.807, 2.05) is 36.4 Å². The first-order valence-electron chi connectivity index (χ1n) is 23.0. The van der Waals surface area contributed by atoms with Crippen LogP contribution in [0, 0.1) is 0 Å². The Morgan fingerprint density at radius 2 is 0.776 bits per heavy atom. The summed E-state index contributed by atoms with van der Waals surface area (Å²) in [5, 5.41) is 6.80. The van der Waals surface area contributed by atoms with Crippen LogP contribution in [-0.2, 0) is 5.41 Å². The van der Waals surface area contributed by atoms with Crippen molar-refractivity contribution in [3.63, 3.8) is 0 Å². The summed E-state index contributed by atoms with van der Waals surface area (Å²) in [5.41, 5.74) is 20.4. The van der Waals surface area contributed by atoms with E-state index in [0.717, 1.165) is 105 Å². The lowest BCUT2D eigenvalue weighted by atomic mass is 9.81. The highest BCUT2D eigenvalue weighted by atomic mass is 16.3. The molecule has 14 rings (SSSR count). The average Bonchev–Trinajstić information content (AvgIpc) is 4.12. The van der Waals surface area contributed by atoms with Gasteiger partial charge in [-0.15, -0.1) is 0 Å². The Kier molecular flexibility index (Phi) is 8.00. The summed E-state index contributed by atoms with van der Waals surface area (Å²) in [6, 6.07) is 76.2. The Bertz CT molecular complexity index is 4130. The molecule has 67 heavy (non-hydrogen) atoms. The minimum Gasteiger partial charge on any atom is -0.456 e. The van der Waals surface area contributed by atoms with Crippen molar-refractivity contribution in [2.75, 3.05) is 4.90 Å². The van der Waals surface area contributed by atoms with Crippen molar-refractivity contribution in [2.24, 2.45) is 0 Å². The first-order valence-corrected chi connectivity index (χ1v) is 23.0. The smallest absolute Gasteiger partial charge is 0.143 e. The van der Waals surface area contributed by atoms with E-state index in [-0.39, 0.29) is 5.41 Å².